The van der Waals surface area contributed by atoms with Gasteiger partial charge in [-0.1, -0.05) is 73.5 Å². The minimum atomic E-state index is -3.63. The van der Waals surface area contributed by atoms with Crippen molar-refractivity contribution in [3.05, 3.63) is 216 Å². The second-order valence-electron chi connectivity index (χ2n) is 13.2. The van der Waals surface area contributed by atoms with Crippen LogP contribution >= 0.6 is 0 Å². The zero-order valence-electron chi connectivity index (χ0n) is 32.9. The van der Waals surface area contributed by atoms with Crippen molar-refractivity contribution in [3.63, 3.8) is 0 Å². The van der Waals surface area contributed by atoms with Gasteiger partial charge in [0.2, 0.25) is 20.0 Å². The Labute approximate surface area is 370 Å². The Bertz CT molecular complexity index is 2540. The van der Waals surface area contributed by atoms with Gasteiger partial charge in [-0.2, -0.15) is 48.5 Å². The summed E-state index contributed by atoms with van der Waals surface area (Å²) in [4.78, 5) is 0.375. The van der Waals surface area contributed by atoms with Crippen molar-refractivity contribution in [1.29, 1.82) is 0 Å². The van der Waals surface area contributed by atoms with E-state index in [0.717, 1.165) is 33.7 Å². The van der Waals surface area contributed by atoms with Crippen molar-refractivity contribution in [2.75, 3.05) is 13.1 Å². The monoisotopic (exact) mass is 898 g/mol. The molecule has 61 heavy (non-hydrogen) atoms. The number of nitrogens with one attached hydrogen (secondary N) is 2. The molecule has 13 heteroatoms. The maximum Gasteiger partial charge on any atom is 4.00 e. The van der Waals surface area contributed by atoms with Crippen LogP contribution in [0.2, 0.25) is 0 Å². The molecule has 0 aromatic heterocycles. The Morgan fingerprint density at radius 1 is 0.459 bits per heavy atom. The number of benzene rings is 6. The molecule has 0 bridgehead atoms. The van der Waals surface area contributed by atoms with Crippen LogP contribution in [0, 0.1) is 35.4 Å². The Morgan fingerprint density at radius 2 is 0.820 bits per heavy atom. The molecule has 0 heterocycles. The molecule has 0 saturated carbocycles. The summed E-state index contributed by atoms with van der Waals surface area (Å²) in [6.45, 7) is 0.317. The van der Waals surface area contributed by atoms with Crippen molar-refractivity contribution >= 4 is 41.6 Å². The fourth-order valence-electron chi connectivity index (χ4n) is 5.78. The van der Waals surface area contributed by atoms with Crippen LogP contribution < -0.4 is 9.44 Å². The summed E-state index contributed by atoms with van der Waals surface area (Å²) in [5.41, 5.74) is 0.623. The van der Waals surface area contributed by atoms with Crippen LogP contribution in [0.5, 0.6) is 0 Å². The largest absolute Gasteiger partial charge is 4.00 e. The molecule has 0 aliphatic carbocycles. The predicted molar refractivity (Wildman–Crippen MR) is 229 cm³/mol. The average Bonchev–Trinajstić information content (AvgIpc) is 4.04. The van der Waals surface area contributed by atoms with Crippen LogP contribution in [0.3, 0.4) is 0 Å². The number of aryl methyl sites for hydroxylation is 2. The van der Waals surface area contributed by atoms with Gasteiger partial charge in [-0.15, -0.1) is 35.4 Å². The molecule has 8 rings (SSSR count). The molecular formula is C48H42F4N2O4S2Ti. The first kappa shape index (κ1) is 48.5. The van der Waals surface area contributed by atoms with Crippen LogP contribution in [0.15, 0.2) is 180 Å². The van der Waals surface area contributed by atoms with E-state index in [1.807, 2.05) is 121 Å². The van der Waals surface area contributed by atoms with Gasteiger partial charge in [-0.3, -0.25) is 0 Å². The fraction of sp³-hybridized carbons (Fsp3) is 0.125. The molecular weight excluding hydrogens is 857 g/mol. The van der Waals surface area contributed by atoms with Gasteiger partial charge in [0.25, 0.3) is 0 Å². The first-order chi connectivity index (χ1) is 28.9. The number of rotatable bonds is 12. The summed E-state index contributed by atoms with van der Waals surface area (Å²) in [6.07, 6.45) is 1.37. The van der Waals surface area contributed by atoms with Gasteiger partial charge in [0, 0.05) is 36.4 Å². The number of halogens is 4. The minimum Gasteiger partial charge on any atom is -0.236 e. The van der Waals surface area contributed by atoms with E-state index in [9.17, 15) is 34.4 Å². The van der Waals surface area contributed by atoms with Crippen LogP contribution in [0.4, 0.5) is 17.6 Å². The second-order valence-corrected chi connectivity index (χ2v) is 16.8. The topological polar surface area (TPSA) is 92.3 Å². The molecule has 0 spiro atoms. The molecule has 8 aromatic rings. The van der Waals surface area contributed by atoms with Gasteiger partial charge in [0.15, 0.2) is 0 Å². The number of fused-ring (bicyclic) bond motifs is 2. The zero-order valence-corrected chi connectivity index (χ0v) is 36.1. The molecule has 0 saturated heterocycles. The third-order valence-electron chi connectivity index (χ3n) is 8.89. The van der Waals surface area contributed by atoms with Gasteiger partial charge < -0.3 is 0 Å². The second kappa shape index (κ2) is 24.3. The summed E-state index contributed by atoms with van der Waals surface area (Å²) in [6, 6.07) is 53.8. The van der Waals surface area contributed by atoms with Gasteiger partial charge in [-0.25, -0.2) is 68.1 Å². The van der Waals surface area contributed by atoms with Crippen LogP contribution in [0.1, 0.15) is 24.0 Å². The van der Waals surface area contributed by atoms with Crippen molar-refractivity contribution in [2.24, 2.45) is 0 Å². The molecule has 0 unspecified atom stereocenters. The van der Waals surface area contributed by atoms with Crippen molar-refractivity contribution in [1.82, 2.24) is 9.44 Å². The summed E-state index contributed by atoms with van der Waals surface area (Å²) < 4.78 is 107. The quantitative estimate of drug-likeness (QED) is 0.0553. The fourth-order valence-corrected chi connectivity index (χ4v) is 8.00. The predicted octanol–water partition coefficient (Wildman–Crippen LogP) is 10.5. The number of hydrogen-bond donors (Lipinski definition) is 2. The van der Waals surface area contributed by atoms with E-state index in [1.54, 1.807) is 36.4 Å². The van der Waals surface area contributed by atoms with Gasteiger partial charge >= 0.3 is 21.7 Å². The third-order valence-corrected chi connectivity index (χ3v) is 11.8. The minimum absolute atomic E-state index is 0. The smallest absolute Gasteiger partial charge is 0.236 e. The average molecular weight is 899 g/mol. The van der Waals surface area contributed by atoms with Gasteiger partial charge in [0.1, 0.15) is 0 Å². The van der Waals surface area contributed by atoms with E-state index >= 15 is 0 Å². The van der Waals surface area contributed by atoms with E-state index in [0.29, 0.717) is 36.8 Å². The molecule has 0 aliphatic rings. The summed E-state index contributed by atoms with van der Waals surface area (Å²) in [5, 5.41) is 3.61. The molecule has 2 N–H and O–H groups in total. The maximum atomic E-state index is 13.5. The van der Waals surface area contributed by atoms with Crippen LogP contribution in [0.25, 0.3) is 21.5 Å². The van der Waals surface area contributed by atoms with E-state index in [2.05, 4.69) is 9.44 Å². The van der Waals surface area contributed by atoms with E-state index in [4.69, 9.17) is 0 Å². The summed E-state index contributed by atoms with van der Waals surface area (Å²) in [5.74, 6) is -2.98. The zero-order chi connectivity index (χ0) is 42.8. The van der Waals surface area contributed by atoms with E-state index in [-0.39, 0.29) is 44.6 Å². The Hall–Kier alpha value is -5.21. The first-order valence-electron chi connectivity index (χ1n) is 18.9. The summed E-state index contributed by atoms with van der Waals surface area (Å²) in [7, 11) is -7.27. The summed E-state index contributed by atoms with van der Waals surface area (Å²) >= 11 is 0. The Balaban J connectivity index is 0.000000215. The first-order valence-corrected chi connectivity index (χ1v) is 21.9. The Morgan fingerprint density at radius 3 is 1.15 bits per heavy atom. The van der Waals surface area contributed by atoms with E-state index in [1.165, 1.54) is 12.1 Å². The Kier molecular flexibility index (Phi) is 19.3. The number of sulfonamides is 2. The standard InChI is InChI=1S/2C19H16F2NO2S.2C5H5.Ti/c2*20-17-9-7-15(19(21)13-17)6-3-11-22-25(23,24)18-10-8-14-4-1-2-5-16(14)12-18;2*1-2-4-5-3-1;/h2*1-2,4-5,7-10,12,22H,3,6,11H2;2*1-5H;/q4*-1;+4. The molecule has 0 fully saturated rings. The molecule has 0 atom stereocenters. The van der Waals surface area contributed by atoms with E-state index < -0.39 is 43.3 Å². The molecule has 0 aliphatic heterocycles. The maximum absolute atomic E-state index is 13.5. The van der Waals surface area contributed by atoms with Crippen LogP contribution in [-0.2, 0) is 54.6 Å². The SMILES string of the molecule is O=S(=O)(NCCCc1ccc(F)[c-]c1F)c1ccc2ccccc2c1.O=S(=O)(NCCCc1ccc(F)[c-]c1F)c1ccc2ccccc2c1.[Ti+4].c1cc[cH-]c1.c1cc[cH-]c1. The molecule has 312 valence electrons. The van der Waals surface area contributed by atoms with Crippen molar-refractivity contribution < 1.29 is 56.1 Å². The molecule has 8 aromatic carbocycles. The number of hydrogen-bond acceptors (Lipinski definition) is 4. The molecule has 0 radical (unpaired) electrons. The van der Waals surface area contributed by atoms with Gasteiger partial charge in [0.05, 0.1) is 9.79 Å². The molecule has 6 nitrogen and oxygen atoms in total. The van der Waals surface area contributed by atoms with Crippen LogP contribution in [-0.4, -0.2) is 29.9 Å². The molecule has 0 amide bonds. The third kappa shape index (κ3) is 15.6. The van der Waals surface area contributed by atoms with Gasteiger partial charge in [-0.05, 0) is 58.7 Å². The van der Waals surface area contributed by atoms with Crippen molar-refractivity contribution in [2.45, 2.75) is 35.5 Å². The normalized spacial score (nSPS) is 11.0. The van der Waals surface area contributed by atoms with Crippen molar-refractivity contribution in [3.8, 4) is 0 Å².